The van der Waals surface area contributed by atoms with Crippen molar-refractivity contribution in [3.8, 4) is 5.75 Å². The Morgan fingerprint density at radius 3 is 2.60 bits per heavy atom. The minimum absolute atomic E-state index is 0.0291. The highest BCUT2D eigenvalue weighted by Crippen LogP contribution is 2.31. The van der Waals surface area contributed by atoms with Gasteiger partial charge in [0.15, 0.2) is 0 Å². The number of amides is 1. The van der Waals surface area contributed by atoms with Crippen molar-refractivity contribution < 1.29 is 14.5 Å². The van der Waals surface area contributed by atoms with Crippen molar-refractivity contribution in [2.45, 2.75) is 6.92 Å². The van der Waals surface area contributed by atoms with E-state index in [0.717, 1.165) is 5.56 Å². The predicted molar refractivity (Wildman–Crippen MR) is 98.0 cm³/mol. The third-order valence-corrected chi connectivity index (χ3v) is 4.08. The summed E-state index contributed by atoms with van der Waals surface area (Å²) in [6.45, 7) is 1.71. The Morgan fingerprint density at radius 2 is 1.96 bits per heavy atom. The molecule has 0 fully saturated rings. The molecule has 0 aliphatic carbocycles. The lowest BCUT2D eigenvalue weighted by molar-refractivity contribution is -0.384. The van der Waals surface area contributed by atoms with E-state index in [0.29, 0.717) is 22.1 Å². The average molecular weight is 384 g/mol. The quantitative estimate of drug-likeness (QED) is 0.573. The van der Waals surface area contributed by atoms with Crippen molar-refractivity contribution in [1.29, 1.82) is 0 Å². The number of benzene rings is 2. The van der Waals surface area contributed by atoms with Crippen molar-refractivity contribution in [3.05, 3.63) is 56.1 Å². The van der Waals surface area contributed by atoms with Crippen LogP contribution in [0.4, 0.5) is 17.1 Å². The normalized spacial score (nSPS) is 10.2. The number of rotatable bonds is 6. The first-order valence-electron chi connectivity index (χ1n) is 7.13. The smallest absolute Gasteiger partial charge is 0.289 e. The maximum absolute atomic E-state index is 12.1. The molecule has 1 amide bonds. The number of anilines is 2. The average Bonchev–Trinajstić information content (AvgIpc) is 2.57. The molecule has 0 aromatic heterocycles. The van der Waals surface area contributed by atoms with E-state index in [1.807, 2.05) is 6.92 Å². The standard InChI is InChI=1S/C16H15Cl2N3O4/c1-9-5-13(15(25-2)7-12(9)18)20-16(22)8-19-10-3-4-11(17)14(6-10)21(23)24/h3-7,19H,8H2,1-2H3,(H,20,22). The fourth-order valence-electron chi connectivity index (χ4n) is 2.07. The molecule has 0 saturated heterocycles. The molecule has 132 valence electrons. The number of carbonyl (C=O) groups excluding carboxylic acids is 1. The first-order valence-corrected chi connectivity index (χ1v) is 7.89. The van der Waals surface area contributed by atoms with Gasteiger partial charge >= 0.3 is 0 Å². The van der Waals surface area contributed by atoms with Crippen LogP contribution in [0.3, 0.4) is 0 Å². The van der Waals surface area contributed by atoms with Crippen LogP contribution in [0.2, 0.25) is 10.0 Å². The molecule has 0 unspecified atom stereocenters. The van der Waals surface area contributed by atoms with E-state index in [1.54, 1.807) is 18.2 Å². The van der Waals surface area contributed by atoms with Crippen molar-refractivity contribution in [3.63, 3.8) is 0 Å². The second-order valence-electron chi connectivity index (χ2n) is 5.13. The Hall–Kier alpha value is -2.51. The number of methoxy groups -OCH3 is 1. The molecule has 25 heavy (non-hydrogen) atoms. The molecule has 0 saturated carbocycles. The van der Waals surface area contributed by atoms with E-state index < -0.39 is 4.92 Å². The van der Waals surface area contributed by atoms with Gasteiger partial charge in [0, 0.05) is 22.8 Å². The molecule has 9 heteroatoms. The first kappa shape index (κ1) is 18.8. The number of aryl methyl sites for hydroxylation is 1. The molecule has 0 aliphatic rings. The highest BCUT2D eigenvalue weighted by molar-refractivity contribution is 6.32. The summed E-state index contributed by atoms with van der Waals surface area (Å²) >= 11 is 11.8. The first-order chi connectivity index (χ1) is 11.8. The number of carbonyl (C=O) groups is 1. The highest BCUT2D eigenvalue weighted by atomic mass is 35.5. The van der Waals surface area contributed by atoms with Gasteiger partial charge in [-0.05, 0) is 30.7 Å². The Bertz CT molecular complexity index is 827. The summed E-state index contributed by atoms with van der Waals surface area (Å²) in [6.07, 6.45) is 0. The molecule has 0 aliphatic heterocycles. The number of nitro benzene ring substituents is 1. The van der Waals surface area contributed by atoms with Crippen LogP contribution >= 0.6 is 23.2 Å². The van der Waals surface area contributed by atoms with Gasteiger partial charge in [-0.15, -0.1) is 0 Å². The minimum atomic E-state index is -0.588. The Labute approximate surface area is 154 Å². The van der Waals surface area contributed by atoms with Crippen LogP contribution in [0.25, 0.3) is 0 Å². The Balaban J connectivity index is 2.06. The molecule has 2 aromatic rings. The van der Waals surface area contributed by atoms with Gasteiger partial charge < -0.3 is 15.4 Å². The van der Waals surface area contributed by atoms with Gasteiger partial charge in [0.1, 0.15) is 10.8 Å². The highest BCUT2D eigenvalue weighted by Gasteiger charge is 2.14. The van der Waals surface area contributed by atoms with Gasteiger partial charge in [-0.3, -0.25) is 14.9 Å². The van der Waals surface area contributed by atoms with Crippen molar-refractivity contribution in [2.24, 2.45) is 0 Å². The maximum atomic E-state index is 12.1. The van der Waals surface area contributed by atoms with Crippen LogP contribution in [0.1, 0.15) is 5.56 Å². The van der Waals surface area contributed by atoms with Crippen molar-refractivity contribution in [1.82, 2.24) is 0 Å². The number of ether oxygens (including phenoxy) is 1. The molecule has 0 spiro atoms. The van der Waals surface area contributed by atoms with E-state index in [2.05, 4.69) is 10.6 Å². The zero-order valence-corrected chi connectivity index (χ0v) is 14.9. The topological polar surface area (TPSA) is 93.5 Å². The van der Waals surface area contributed by atoms with Crippen LogP contribution in [-0.4, -0.2) is 24.5 Å². The van der Waals surface area contributed by atoms with E-state index in [4.69, 9.17) is 27.9 Å². The zero-order valence-electron chi connectivity index (χ0n) is 13.4. The SMILES string of the molecule is COc1cc(Cl)c(C)cc1NC(=O)CNc1ccc(Cl)c([N+](=O)[O-])c1. The number of hydrogen-bond donors (Lipinski definition) is 2. The third kappa shape index (κ3) is 4.74. The van der Waals surface area contributed by atoms with Gasteiger partial charge in [0.2, 0.25) is 5.91 Å². The molecular weight excluding hydrogens is 369 g/mol. The summed E-state index contributed by atoms with van der Waals surface area (Å²) in [5.74, 6) is 0.0868. The molecule has 2 rings (SSSR count). The molecular formula is C16H15Cl2N3O4. The molecule has 7 nitrogen and oxygen atoms in total. The molecule has 0 bridgehead atoms. The summed E-state index contributed by atoms with van der Waals surface area (Å²) in [4.78, 5) is 22.4. The summed E-state index contributed by atoms with van der Waals surface area (Å²) in [5, 5.41) is 16.9. The van der Waals surface area contributed by atoms with Gasteiger partial charge in [0.05, 0.1) is 24.3 Å². The van der Waals surface area contributed by atoms with Crippen LogP contribution in [0, 0.1) is 17.0 Å². The maximum Gasteiger partial charge on any atom is 0.289 e. The van der Waals surface area contributed by atoms with Crippen LogP contribution in [0.15, 0.2) is 30.3 Å². The summed E-state index contributed by atoms with van der Waals surface area (Å²) in [5.41, 5.74) is 1.45. The largest absolute Gasteiger partial charge is 0.495 e. The molecule has 0 radical (unpaired) electrons. The third-order valence-electron chi connectivity index (χ3n) is 3.35. The number of nitrogens with zero attached hydrogens (tertiary/aromatic N) is 1. The summed E-state index contributed by atoms with van der Waals surface area (Å²) in [7, 11) is 1.47. The van der Waals surface area contributed by atoms with Crippen LogP contribution in [-0.2, 0) is 4.79 Å². The van der Waals surface area contributed by atoms with E-state index in [1.165, 1.54) is 19.2 Å². The minimum Gasteiger partial charge on any atom is -0.495 e. The summed E-state index contributed by atoms with van der Waals surface area (Å²) < 4.78 is 5.19. The number of nitro groups is 1. The van der Waals surface area contributed by atoms with Gasteiger partial charge in [0.25, 0.3) is 5.69 Å². The van der Waals surface area contributed by atoms with Crippen molar-refractivity contribution in [2.75, 3.05) is 24.3 Å². The fourth-order valence-corrected chi connectivity index (χ4v) is 2.41. The Morgan fingerprint density at radius 1 is 1.24 bits per heavy atom. The second-order valence-corrected chi connectivity index (χ2v) is 5.94. The molecule has 2 aromatic carbocycles. The predicted octanol–water partition coefficient (Wildman–Crippen LogP) is 4.27. The zero-order chi connectivity index (χ0) is 18.6. The van der Waals surface area contributed by atoms with Gasteiger partial charge in [-0.2, -0.15) is 0 Å². The lowest BCUT2D eigenvalue weighted by Gasteiger charge is -2.13. The number of nitrogens with one attached hydrogen (secondary N) is 2. The van der Waals surface area contributed by atoms with E-state index in [9.17, 15) is 14.9 Å². The number of halogens is 2. The molecule has 0 atom stereocenters. The lowest BCUT2D eigenvalue weighted by Crippen LogP contribution is -2.22. The molecule has 2 N–H and O–H groups in total. The second kappa shape index (κ2) is 8.04. The Kier molecular flexibility index (Phi) is 6.06. The van der Waals surface area contributed by atoms with Gasteiger partial charge in [-0.1, -0.05) is 23.2 Å². The molecule has 0 heterocycles. The van der Waals surface area contributed by atoms with Gasteiger partial charge in [-0.25, -0.2) is 0 Å². The lowest BCUT2D eigenvalue weighted by atomic mass is 10.2. The fraction of sp³-hybridized carbons (Fsp3) is 0.188. The van der Waals surface area contributed by atoms with E-state index in [-0.39, 0.29) is 23.2 Å². The van der Waals surface area contributed by atoms with Crippen LogP contribution < -0.4 is 15.4 Å². The van der Waals surface area contributed by atoms with Crippen molar-refractivity contribution >= 4 is 46.2 Å². The van der Waals surface area contributed by atoms with Crippen LogP contribution in [0.5, 0.6) is 5.75 Å². The number of hydrogen-bond acceptors (Lipinski definition) is 5. The van der Waals surface area contributed by atoms with E-state index >= 15 is 0 Å². The summed E-state index contributed by atoms with van der Waals surface area (Å²) in [6, 6.07) is 7.53. The monoisotopic (exact) mass is 383 g/mol.